The van der Waals surface area contributed by atoms with Crippen molar-refractivity contribution < 1.29 is 8.78 Å². The molecule has 19 heavy (non-hydrogen) atoms. The van der Waals surface area contributed by atoms with Gasteiger partial charge in [-0.15, -0.1) is 0 Å². The van der Waals surface area contributed by atoms with Gasteiger partial charge >= 0.3 is 0 Å². The first-order valence-electron chi connectivity index (χ1n) is 5.38. The maximum absolute atomic E-state index is 13.5. The molecule has 2 nitrogen and oxygen atoms in total. The van der Waals surface area contributed by atoms with Crippen LogP contribution in [-0.4, -0.2) is 9.97 Å². The van der Waals surface area contributed by atoms with Crippen LogP contribution < -0.4 is 0 Å². The van der Waals surface area contributed by atoms with Crippen molar-refractivity contribution >= 4 is 44.1 Å². The average molecular weight is 410 g/mol. The van der Waals surface area contributed by atoms with Gasteiger partial charge in [0.25, 0.3) is 0 Å². The number of nitrogens with zero attached hydrogens (tertiary/aromatic N) is 1. The molecule has 0 radical (unpaired) electrons. The van der Waals surface area contributed by atoms with Crippen LogP contribution in [-0.2, 0) is 6.42 Å². The lowest BCUT2D eigenvalue weighted by Crippen LogP contribution is -1.99. The van der Waals surface area contributed by atoms with Crippen LogP contribution in [0.5, 0.6) is 0 Å². The fraction of sp³-hybridized carbons (Fsp3) is 0.167. The molecule has 1 N–H and O–H groups in total. The number of halogens is 4. The van der Waals surface area contributed by atoms with E-state index in [-0.39, 0.29) is 4.47 Å². The predicted molar refractivity (Wildman–Crippen MR) is 79.6 cm³/mol. The first-order chi connectivity index (χ1) is 8.95. The smallest absolute Gasteiger partial charge is 0.173 e. The number of aromatic nitrogens is 2. The van der Waals surface area contributed by atoms with Crippen LogP contribution in [0.25, 0.3) is 11.4 Å². The van der Waals surface area contributed by atoms with Crippen molar-refractivity contribution in [1.29, 1.82) is 0 Å². The number of benzene rings is 1. The standard InChI is InChI=1S/C12H8Br2F2N2S/c1-2-7-9(14)12(19)18-11(17-7)5-3-4-6(15)10(16)8(5)13/h3-4H,2H2,1H3,(H,17,18,19). The molecule has 2 rings (SSSR count). The van der Waals surface area contributed by atoms with Crippen molar-refractivity contribution in [2.75, 3.05) is 0 Å². The molecule has 0 fully saturated rings. The molecule has 0 amide bonds. The molecule has 7 heteroatoms. The van der Waals surface area contributed by atoms with E-state index < -0.39 is 11.6 Å². The monoisotopic (exact) mass is 408 g/mol. The fourth-order valence-corrected chi connectivity index (χ4v) is 2.78. The highest BCUT2D eigenvalue weighted by Gasteiger charge is 2.15. The van der Waals surface area contributed by atoms with E-state index in [0.717, 1.165) is 11.8 Å². The van der Waals surface area contributed by atoms with Crippen molar-refractivity contribution in [3.8, 4) is 11.4 Å². The second kappa shape index (κ2) is 5.76. The highest BCUT2D eigenvalue weighted by atomic mass is 79.9. The van der Waals surface area contributed by atoms with E-state index >= 15 is 0 Å². The first kappa shape index (κ1) is 14.7. The molecule has 1 heterocycles. The predicted octanol–water partition coefficient (Wildman–Crippen LogP) is 5.17. The molecule has 0 unspecified atom stereocenters. The van der Waals surface area contributed by atoms with Gasteiger partial charge in [-0.05, 0) is 50.4 Å². The summed E-state index contributed by atoms with van der Waals surface area (Å²) in [6, 6.07) is 2.51. The highest BCUT2D eigenvalue weighted by molar-refractivity contribution is 9.11. The summed E-state index contributed by atoms with van der Waals surface area (Å²) in [4.78, 5) is 7.24. The molecule has 0 saturated carbocycles. The quantitative estimate of drug-likeness (QED) is 0.547. The highest BCUT2D eigenvalue weighted by Crippen LogP contribution is 2.30. The maximum Gasteiger partial charge on any atom is 0.173 e. The van der Waals surface area contributed by atoms with Gasteiger partial charge in [-0.1, -0.05) is 19.1 Å². The second-order valence-corrected chi connectivity index (χ2v) is 5.73. The van der Waals surface area contributed by atoms with E-state index in [1.165, 1.54) is 6.07 Å². The number of rotatable bonds is 2. The molecule has 0 saturated heterocycles. The van der Waals surface area contributed by atoms with Gasteiger partial charge in [-0.2, -0.15) is 0 Å². The van der Waals surface area contributed by atoms with Gasteiger partial charge in [0.05, 0.1) is 8.95 Å². The summed E-state index contributed by atoms with van der Waals surface area (Å²) >= 11 is 11.5. The zero-order chi connectivity index (χ0) is 14.2. The van der Waals surface area contributed by atoms with Crippen LogP contribution >= 0.6 is 44.1 Å². The Morgan fingerprint density at radius 1 is 1.26 bits per heavy atom. The Hall–Kier alpha value is -0.660. The van der Waals surface area contributed by atoms with Crippen LogP contribution in [0.3, 0.4) is 0 Å². The van der Waals surface area contributed by atoms with Gasteiger partial charge in [-0.3, -0.25) is 0 Å². The molecule has 1 aromatic heterocycles. The largest absolute Gasteiger partial charge is 0.342 e. The van der Waals surface area contributed by atoms with Gasteiger partial charge in [-0.25, -0.2) is 13.8 Å². The minimum absolute atomic E-state index is 0.0232. The summed E-state index contributed by atoms with van der Waals surface area (Å²) in [6.07, 6.45) is 0.709. The van der Waals surface area contributed by atoms with Crippen LogP contribution in [0, 0.1) is 16.3 Å². The lowest BCUT2D eigenvalue weighted by atomic mass is 10.2. The van der Waals surface area contributed by atoms with Crippen LogP contribution in [0.1, 0.15) is 12.6 Å². The zero-order valence-corrected chi connectivity index (χ0v) is 13.7. The first-order valence-corrected chi connectivity index (χ1v) is 7.37. The number of aryl methyl sites for hydroxylation is 1. The number of hydrogen-bond acceptors (Lipinski definition) is 2. The Bertz CT molecular complexity index is 701. The molecule has 0 spiro atoms. The molecule has 0 bridgehead atoms. The molecule has 0 atom stereocenters. The summed E-state index contributed by atoms with van der Waals surface area (Å²) in [7, 11) is 0. The van der Waals surface area contributed by atoms with Crippen molar-refractivity contribution in [2.45, 2.75) is 13.3 Å². The lowest BCUT2D eigenvalue weighted by Gasteiger charge is -2.09. The molecular weight excluding hydrogens is 402 g/mol. The topological polar surface area (TPSA) is 28.7 Å². The average Bonchev–Trinajstić information content (AvgIpc) is 2.39. The van der Waals surface area contributed by atoms with E-state index in [9.17, 15) is 8.78 Å². The normalized spacial score (nSPS) is 10.8. The van der Waals surface area contributed by atoms with E-state index in [2.05, 4.69) is 41.8 Å². The van der Waals surface area contributed by atoms with Crippen LogP contribution in [0.2, 0.25) is 0 Å². The molecule has 2 aromatic rings. The Kier molecular flexibility index (Phi) is 4.47. The third-order valence-electron chi connectivity index (χ3n) is 2.58. The third kappa shape index (κ3) is 2.78. The van der Waals surface area contributed by atoms with E-state index in [0.29, 0.717) is 26.9 Å². The molecule has 1 aromatic carbocycles. The number of nitrogens with one attached hydrogen (secondary N) is 1. The Balaban J connectivity index is 2.70. The Morgan fingerprint density at radius 2 is 1.95 bits per heavy atom. The van der Waals surface area contributed by atoms with Crippen molar-refractivity contribution in [1.82, 2.24) is 9.97 Å². The molecular formula is C12H8Br2F2N2S. The van der Waals surface area contributed by atoms with E-state index in [1.54, 1.807) is 0 Å². The van der Waals surface area contributed by atoms with Gasteiger partial charge < -0.3 is 4.98 Å². The van der Waals surface area contributed by atoms with Crippen molar-refractivity contribution in [2.24, 2.45) is 0 Å². The molecule has 0 aliphatic carbocycles. The summed E-state index contributed by atoms with van der Waals surface area (Å²) in [5.41, 5.74) is 1.28. The molecule has 100 valence electrons. The number of aromatic amines is 1. The Labute approximate surface area is 130 Å². The van der Waals surface area contributed by atoms with Gasteiger partial charge in [0.15, 0.2) is 11.6 Å². The Morgan fingerprint density at radius 3 is 2.58 bits per heavy atom. The summed E-state index contributed by atoms with van der Waals surface area (Å²) < 4.78 is 27.8. The molecule has 0 aliphatic rings. The van der Waals surface area contributed by atoms with Gasteiger partial charge in [0, 0.05) is 11.3 Å². The molecule has 0 aliphatic heterocycles. The van der Waals surface area contributed by atoms with E-state index in [4.69, 9.17) is 12.2 Å². The lowest BCUT2D eigenvalue weighted by molar-refractivity contribution is 0.504. The van der Waals surface area contributed by atoms with E-state index in [1.807, 2.05) is 6.92 Å². The number of H-pyrrole nitrogens is 1. The second-order valence-electron chi connectivity index (χ2n) is 3.76. The SMILES string of the molecule is CCc1[nH]c(-c2ccc(F)c(F)c2Br)nc(=S)c1Br. The zero-order valence-electron chi connectivity index (χ0n) is 9.73. The minimum atomic E-state index is -0.945. The van der Waals surface area contributed by atoms with Crippen molar-refractivity contribution in [3.63, 3.8) is 0 Å². The van der Waals surface area contributed by atoms with Gasteiger partial charge in [0.1, 0.15) is 10.5 Å². The van der Waals surface area contributed by atoms with Crippen LogP contribution in [0.15, 0.2) is 21.1 Å². The number of hydrogen-bond donors (Lipinski definition) is 1. The minimum Gasteiger partial charge on any atom is -0.342 e. The van der Waals surface area contributed by atoms with Gasteiger partial charge in [0.2, 0.25) is 0 Å². The fourth-order valence-electron chi connectivity index (χ4n) is 1.59. The summed E-state index contributed by atoms with van der Waals surface area (Å²) in [5.74, 6) is -1.46. The van der Waals surface area contributed by atoms with Crippen LogP contribution in [0.4, 0.5) is 8.78 Å². The summed E-state index contributed by atoms with van der Waals surface area (Å²) in [5, 5.41) is 0. The summed E-state index contributed by atoms with van der Waals surface area (Å²) in [6.45, 7) is 1.95. The third-order valence-corrected chi connectivity index (χ3v) is 4.77. The van der Waals surface area contributed by atoms with Crippen molar-refractivity contribution in [3.05, 3.63) is 43.0 Å². The maximum atomic E-state index is 13.5.